The number of aromatic nitrogens is 5. The second-order valence-corrected chi connectivity index (χ2v) is 9.08. The number of hydrogen-bond acceptors (Lipinski definition) is 5. The predicted octanol–water partition coefficient (Wildman–Crippen LogP) is 4.76. The van der Waals surface area contributed by atoms with Gasteiger partial charge in [0.15, 0.2) is 11.0 Å². The topological polar surface area (TPSA) is 88.5 Å². The highest BCUT2D eigenvalue weighted by Crippen LogP contribution is 2.26. The summed E-state index contributed by atoms with van der Waals surface area (Å²) >= 11 is 1.40. The third-order valence-electron chi connectivity index (χ3n) is 5.33. The molecule has 1 atom stereocenters. The number of H-pyrrole nitrogens is 1. The molecule has 2 aromatic heterocycles. The van der Waals surface area contributed by atoms with E-state index >= 15 is 0 Å². The molecular formula is C24H28N6OS. The highest BCUT2D eigenvalue weighted by Gasteiger charge is 2.22. The summed E-state index contributed by atoms with van der Waals surface area (Å²) < 4.78 is 2.05. The number of aromatic amines is 1. The van der Waals surface area contributed by atoms with Gasteiger partial charge in [0.25, 0.3) is 0 Å². The molecule has 0 aliphatic rings. The van der Waals surface area contributed by atoms with E-state index in [2.05, 4.69) is 65.3 Å². The highest BCUT2D eigenvalue weighted by atomic mass is 32.2. The Hall–Kier alpha value is -3.13. The Balaban J connectivity index is 1.46. The maximum Gasteiger partial charge on any atom is 0.231 e. The quantitative estimate of drug-likeness (QED) is 0.380. The zero-order valence-electron chi connectivity index (χ0n) is 18.8. The summed E-state index contributed by atoms with van der Waals surface area (Å²) in [6.07, 6.45) is 0. The smallest absolute Gasteiger partial charge is 0.231 e. The number of nitrogens with one attached hydrogen (secondary N) is 2. The van der Waals surface area contributed by atoms with Crippen molar-refractivity contribution in [3.63, 3.8) is 0 Å². The first-order valence-corrected chi connectivity index (χ1v) is 11.8. The number of carbonyl (C=O) groups excluding carboxylic acids is 1. The fraction of sp³-hybridized carbons (Fsp3) is 0.333. The monoisotopic (exact) mass is 448 g/mol. The van der Waals surface area contributed by atoms with Gasteiger partial charge in [0.05, 0.1) is 22.8 Å². The van der Waals surface area contributed by atoms with Gasteiger partial charge < -0.3 is 14.9 Å². The molecule has 0 spiro atoms. The summed E-state index contributed by atoms with van der Waals surface area (Å²) in [7, 11) is 0. The first kappa shape index (κ1) is 22.1. The van der Waals surface area contributed by atoms with E-state index in [4.69, 9.17) is 0 Å². The first-order valence-electron chi connectivity index (χ1n) is 10.8. The van der Waals surface area contributed by atoms with Crippen LogP contribution >= 0.6 is 11.8 Å². The molecule has 7 nitrogen and oxygen atoms in total. The fourth-order valence-corrected chi connectivity index (χ4v) is 4.51. The standard InChI is InChI=1S/C24H28N6OS/c1-5-30-23(17-10-8-9-16(4)13-17)28-29-24(30)32-14-20(31)27-21(15(2)3)22-25-18-11-6-7-12-19(18)26-22/h6-13,15,21H,5,14H2,1-4H3,(H,25,26)(H,27,31). The number of hydrogen-bond donors (Lipinski definition) is 2. The van der Waals surface area contributed by atoms with Gasteiger partial charge in [-0.3, -0.25) is 4.79 Å². The molecule has 0 saturated carbocycles. The zero-order valence-corrected chi connectivity index (χ0v) is 19.6. The largest absolute Gasteiger partial charge is 0.345 e. The van der Waals surface area contributed by atoms with Crippen LogP contribution in [0.2, 0.25) is 0 Å². The van der Waals surface area contributed by atoms with Crippen molar-refractivity contribution in [3.05, 3.63) is 59.9 Å². The molecule has 1 amide bonds. The van der Waals surface area contributed by atoms with Crippen LogP contribution < -0.4 is 5.32 Å². The lowest BCUT2D eigenvalue weighted by molar-refractivity contribution is -0.119. The lowest BCUT2D eigenvalue weighted by atomic mass is 10.0. The van der Waals surface area contributed by atoms with Gasteiger partial charge >= 0.3 is 0 Å². The molecule has 32 heavy (non-hydrogen) atoms. The average molecular weight is 449 g/mol. The van der Waals surface area contributed by atoms with Gasteiger partial charge in [0.1, 0.15) is 5.82 Å². The second kappa shape index (κ2) is 9.56. The van der Waals surface area contributed by atoms with Crippen molar-refractivity contribution in [2.45, 2.75) is 45.4 Å². The van der Waals surface area contributed by atoms with Crippen LogP contribution in [0.3, 0.4) is 0 Å². The van der Waals surface area contributed by atoms with Crippen molar-refractivity contribution in [2.75, 3.05) is 5.75 Å². The van der Waals surface area contributed by atoms with E-state index in [0.29, 0.717) is 0 Å². The molecule has 0 saturated heterocycles. The Morgan fingerprint density at radius 1 is 1.16 bits per heavy atom. The number of carbonyl (C=O) groups is 1. The van der Waals surface area contributed by atoms with E-state index in [9.17, 15) is 4.79 Å². The Morgan fingerprint density at radius 3 is 2.69 bits per heavy atom. The SMILES string of the molecule is CCn1c(SCC(=O)NC(c2nc3ccccc3[nH]2)C(C)C)nnc1-c1cccc(C)c1. The number of benzene rings is 2. The Morgan fingerprint density at radius 2 is 1.97 bits per heavy atom. The molecule has 2 N–H and O–H groups in total. The number of para-hydroxylation sites is 2. The fourth-order valence-electron chi connectivity index (χ4n) is 3.69. The molecule has 4 aromatic rings. The number of aryl methyl sites for hydroxylation is 1. The summed E-state index contributed by atoms with van der Waals surface area (Å²) in [4.78, 5) is 20.8. The molecule has 0 aliphatic carbocycles. The van der Waals surface area contributed by atoms with Gasteiger partial charge in [-0.15, -0.1) is 10.2 Å². The minimum atomic E-state index is -0.192. The van der Waals surface area contributed by atoms with Crippen molar-refractivity contribution < 1.29 is 4.79 Å². The molecule has 0 fully saturated rings. The van der Waals surface area contributed by atoms with Crippen LogP contribution in [0, 0.1) is 12.8 Å². The molecule has 0 aliphatic heterocycles. The van der Waals surface area contributed by atoms with Crippen LogP contribution in [-0.4, -0.2) is 36.4 Å². The first-order chi connectivity index (χ1) is 15.5. The number of amides is 1. The molecule has 4 rings (SSSR count). The van der Waals surface area contributed by atoms with Gasteiger partial charge in [0, 0.05) is 12.1 Å². The van der Waals surface area contributed by atoms with Crippen molar-refractivity contribution in [1.82, 2.24) is 30.0 Å². The third-order valence-corrected chi connectivity index (χ3v) is 6.29. The van der Waals surface area contributed by atoms with Crippen LogP contribution in [0.5, 0.6) is 0 Å². The van der Waals surface area contributed by atoms with E-state index in [-0.39, 0.29) is 23.6 Å². The Bertz CT molecular complexity index is 1200. The van der Waals surface area contributed by atoms with Gasteiger partial charge in [-0.05, 0) is 38.0 Å². The van der Waals surface area contributed by atoms with Crippen LogP contribution in [0.25, 0.3) is 22.4 Å². The van der Waals surface area contributed by atoms with Crippen molar-refractivity contribution in [2.24, 2.45) is 5.92 Å². The van der Waals surface area contributed by atoms with E-state index in [1.165, 1.54) is 17.3 Å². The van der Waals surface area contributed by atoms with Crippen molar-refractivity contribution in [3.8, 4) is 11.4 Å². The second-order valence-electron chi connectivity index (χ2n) is 8.14. The van der Waals surface area contributed by atoms with E-state index in [1.807, 2.05) is 41.0 Å². The maximum absolute atomic E-state index is 12.8. The normalized spacial score (nSPS) is 12.4. The zero-order chi connectivity index (χ0) is 22.7. The molecule has 0 bridgehead atoms. The van der Waals surface area contributed by atoms with E-state index in [0.717, 1.165) is 39.9 Å². The van der Waals surface area contributed by atoms with Crippen LogP contribution in [0.4, 0.5) is 0 Å². The van der Waals surface area contributed by atoms with Gasteiger partial charge in [-0.2, -0.15) is 0 Å². The Kier molecular flexibility index (Phi) is 6.60. The maximum atomic E-state index is 12.8. The van der Waals surface area contributed by atoms with Gasteiger partial charge in [-0.25, -0.2) is 4.98 Å². The average Bonchev–Trinajstić information content (AvgIpc) is 3.39. The summed E-state index contributed by atoms with van der Waals surface area (Å²) in [5.74, 6) is 1.99. The predicted molar refractivity (Wildman–Crippen MR) is 128 cm³/mol. The van der Waals surface area contributed by atoms with Crippen LogP contribution in [-0.2, 0) is 11.3 Å². The summed E-state index contributed by atoms with van der Waals surface area (Å²) in [6.45, 7) is 9.00. The Labute approximate surface area is 192 Å². The molecule has 0 radical (unpaired) electrons. The third kappa shape index (κ3) is 4.70. The lowest BCUT2D eigenvalue weighted by Gasteiger charge is -2.20. The summed E-state index contributed by atoms with van der Waals surface area (Å²) in [6, 6.07) is 15.9. The van der Waals surface area contributed by atoms with Crippen molar-refractivity contribution in [1.29, 1.82) is 0 Å². The van der Waals surface area contributed by atoms with Gasteiger partial charge in [0.2, 0.25) is 5.91 Å². The molecule has 2 heterocycles. The number of rotatable bonds is 8. The van der Waals surface area contributed by atoms with Crippen molar-refractivity contribution >= 4 is 28.7 Å². The highest BCUT2D eigenvalue weighted by molar-refractivity contribution is 7.99. The van der Waals surface area contributed by atoms with Crippen LogP contribution in [0.1, 0.15) is 38.2 Å². The molecular weight excluding hydrogens is 420 g/mol. The number of thioether (sulfide) groups is 1. The minimum absolute atomic E-state index is 0.0584. The molecule has 8 heteroatoms. The summed E-state index contributed by atoms with van der Waals surface area (Å²) in [5.41, 5.74) is 4.07. The number of fused-ring (bicyclic) bond motifs is 1. The van der Waals surface area contributed by atoms with E-state index in [1.54, 1.807) is 0 Å². The van der Waals surface area contributed by atoms with Crippen LogP contribution in [0.15, 0.2) is 53.7 Å². The number of imidazole rings is 1. The van der Waals surface area contributed by atoms with E-state index < -0.39 is 0 Å². The molecule has 2 aromatic carbocycles. The van der Waals surface area contributed by atoms with Gasteiger partial charge in [-0.1, -0.05) is 61.5 Å². The minimum Gasteiger partial charge on any atom is -0.345 e. The molecule has 166 valence electrons. The lowest BCUT2D eigenvalue weighted by Crippen LogP contribution is -2.33. The molecule has 1 unspecified atom stereocenters. The summed E-state index contributed by atoms with van der Waals surface area (Å²) in [5, 5.41) is 12.6. The number of nitrogens with zero attached hydrogens (tertiary/aromatic N) is 4.